The van der Waals surface area contributed by atoms with Crippen LogP contribution in [0, 0.1) is 0 Å². The quantitative estimate of drug-likeness (QED) is 0.657. The number of nitrogens with two attached hydrogens (primary N) is 1. The summed E-state index contributed by atoms with van der Waals surface area (Å²) in [6.45, 7) is 0.754. The molecule has 1 atom stereocenters. The Morgan fingerprint density at radius 2 is 1.86 bits per heavy atom. The molecule has 0 spiro atoms. The van der Waals surface area contributed by atoms with Gasteiger partial charge in [-0.15, -0.1) is 0 Å². The van der Waals surface area contributed by atoms with Gasteiger partial charge in [0.1, 0.15) is 6.04 Å². The molecule has 0 aromatic heterocycles. The summed E-state index contributed by atoms with van der Waals surface area (Å²) in [5.74, 6) is -2.03. The van der Waals surface area contributed by atoms with E-state index in [9.17, 15) is 19.2 Å². The molecule has 29 heavy (non-hydrogen) atoms. The maximum absolute atomic E-state index is 13.1. The third kappa shape index (κ3) is 3.38. The number of hydrogen-bond donors (Lipinski definition) is 3. The summed E-state index contributed by atoms with van der Waals surface area (Å²) in [6.07, 6.45) is 0.227. The van der Waals surface area contributed by atoms with E-state index in [1.807, 2.05) is 24.3 Å². The molecule has 4 N–H and O–H groups in total. The van der Waals surface area contributed by atoms with Gasteiger partial charge < -0.3 is 11.1 Å². The van der Waals surface area contributed by atoms with Crippen molar-refractivity contribution < 1.29 is 19.2 Å². The molecule has 2 aromatic rings. The molecule has 2 aliphatic rings. The van der Waals surface area contributed by atoms with Gasteiger partial charge in [0.15, 0.2) is 0 Å². The van der Waals surface area contributed by atoms with Crippen LogP contribution in [-0.2, 0) is 22.7 Å². The average molecular weight is 392 g/mol. The number of amides is 4. The fraction of sp³-hybridized carbons (Fsp3) is 0.238. The molecule has 1 unspecified atom stereocenters. The molecule has 0 radical (unpaired) electrons. The number of piperidine rings is 1. The van der Waals surface area contributed by atoms with Crippen LogP contribution < -0.4 is 16.4 Å². The molecule has 4 amide bonds. The zero-order chi connectivity index (χ0) is 20.5. The minimum Gasteiger partial charge on any atom is -0.381 e. The highest BCUT2D eigenvalue weighted by atomic mass is 16.2. The molecule has 2 aliphatic heterocycles. The van der Waals surface area contributed by atoms with Gasteiger partial charge in [0, 0.05) is 25.2 Å². The van der Waals surface area contributed by atoms with Gasteiger partial charge in [-0.2, -0.15) is 0 Å². The molecule has 0 bridgehead atoms. The van der Waals surface area contributed by atoms with Crippen molar-refractivity contribution in [2.24, 2.45) is 5.73 Å². The summed E-state index contributed by atoms with van der Waals surface area (Å²) >= 11 is 0. The van der Waals surface area contributed by atoms with E-state index in [-0.39, 0.29) is 18.4 Å². The second kappa shape index (κ2) is 7.48. The number of benzene rings is 2. The van der Waals surface area contributed by atoms with E-state index in [0.717, 1.165) is 16.2 Å². The molecule has 0 aliphatic carbocycles. The number of carbonyl (C=O) groups excluding carboxylic acids is 4. The average Bonchev–Trinajstić information content (AvgIpc) is 2.98. The van der Waals surface area contributed by atoms with Crippen LogP contribution in [0.3, 0.4) is 0 Å². The molecule has 8 heteroatoms. The Balaban J connectivity index is 1.59. The van der Waals surface area contributed by atoms with E-state index in [1.54, 1.807) is 18.2 Å². The molecule has 2 heterocycles. The summed E-state index contributed by atoms with van der Waals surface area (Å²) in [7, 11) is 0. The molecule has 0 saturated carbocycles. The van der Waals surface area contributed by atoms with Crippen molar-refractivity contribution >= 4 is 29.3 Å². The minimum atomic E-state index is -0.970. The smallest absolute Gasteiger partial charge is 0.262 e. The van der Waals surface area contributed by atoms with Crippen LogP contribution in [0.5, 0.6) is 0 Å². The zero-order valence-electron chi connectivity index (χ0n) is 15.6. The highest BCUT2D eigenvalue weighted by molar-refractivity contribution is 6.24. The van der Waals surface area contributed by atoms with Crippen molar-refractivity contribution in [1.29, 1.82) is 0 Å². The van der Waals surface area contributed by atoms with Crippen LogP contribution in [0.15, 0.2) is 42.5 Å². The Hall–Kier alpha value is -3.52. The van der Waals surface area contributed by atoms with E-state index in [0.29, 0.717) is 24.2 Å². The molecular weight excluding hydrogens is 372 g/mol. The van der Waals surface area contributed by atoms with Gasteiger partial charge in [0.25, 0.3) is 11.8 Å². The fourth-order valence-corrected chi connectivity index (χ4v) is 3.74. The Morgan fingerprint density at radius 1 is 1.07 bits per heavy atom. The van der Waals surface area contributed by atoms with Crippen LogP contribution in [0.25, 0.3) is 0 Å². The molecule has 1 fully saturated rings. The van der Waals surface area contributed by atoms with E-state index < -0.39 is 29.7 Å². The number of imide groups is 2. The largest absolute Gasteiger partial charge is 0.381 e. The number of hydrogen-bond acceptors (Lipinski definition) is 6. The fourth-order valence-electron chi connectivity index (χ4n) is 3.74. The van der Waals surface area contributed by atoms with Crippen LogP contribution in [-0.4, -0.2) is 34.6 Å². The van der Waals surface area contributed by atoms with Gasteiger partial charge in [0.05, 0.1) is 11.1 Å². The molecule has 148 valence electrons. The van der Waals surface area contributed by atoms with E-state index in [1.165, 1.54) is 0 Å². The van der Waals surface area contributed by atoms with E-state index in [4.69, 9.17) is 5.73 Å². The van der Waals surface area contributed by atoms with Gasteiger partial charge in [-0.05, 0) is 35.7 Å². The second-order valence-corrected chi connectivity index (χ2v) is 7.04. The zero-order valence-corrected chi connectivity index (χ0v) is 15.6. The maximum Gasteiger partial charge on any atom is 0.262 e. The van der Waals surface area contributed by atoms with Crippen LogP contribution >= 0.6 is 0 Å². The van der Waals surface area contributed by atoms with Gasteiger partial charge in [-0.1, -0.05) is 24.3 Å². The topological polar surface area (TPSA) is 122 Å². The van der Waals surface area contributed by atoms with Gasteiger partial charge in [-0.25, -0.2) is 0 Å². The molecule has 2 aromatic carbocycles. The van der Waals surface area contributed by atoms with Crippen LogP contribution in [0.1, 0.15) is 44.7 Å². The molecular formula is C21H20N4O4. The maximum atomic E-state index is 13.1. The van der Waals surface area contributed by atoms with Crippen molar-refractivity contribution in [3.63, 3.8) is 0 Å². The first-order valence-electron chi connectivity index (χ1n) is 9.36. The van der Waals surface area contributed by atoms with E-state index >= 15 is 0 Å². The summed E-state index contributed by atoms with van der Waals surface area (Å²) in [6, 6.07) is 11.7. The van der Waals surface area contributed by atoms with Gasteiger partial charge in [-0.3, -0.25) is 29.4 Å². The minimum absolute atomic E-state index is 0.0930. The van der Waals surface area contributed by atoms with Crippen molar-refractivity contribution in [2.75, 3.05) is 5.32 Å². The normalized spacial score (nSPS) is 18.7. The highest BCUT2D eigenvalue weighted by Crippen LogP contribution is 2.30. The predicted octanol–water partition coefficient (Wildman–Crippen LogP) is 1.16. The number of fused-ring (bicyclic) bond motifs is 1. The van der Waals surface area contributed by atoms with Gasteiger partial charge in [0.2, 0.25) is 11.8 Å². The van der Waals surface area contributed by atoms with Crippen LogP contribution in [0.4, 0.5) is 5.69 Å². The lowest BCUT2D eigenvalue weighted by Gasteiger charge is -2.27. The van der Waals surface area contributed by atoms with E-state index in [2.05, 4.69) is 10.6 Å². The Kier molecular flexibility index (Phi) is 4.85. The summed E-state index contributed by atoms with van der Waals surface area (Å²) < 4.78 is 0. The van der Waals surface area contributed by atoms with Crippen molar-refractivity contribution in [3.05, 3.63) is 64.7 Å². The SMILES string of the molecule is NCc1cccc(NCc2cccc3c2C(=O)N(C2CCC(=O)NC2=O)C3=O)c1. The molecule has 1 saturated heterocycles. The monoisotopic (exact) mass is 392 g/mol. The molecule has 8 nitrogen and oxygen atoms in total. The lowest BCUT2D eigenvalue weighted by Crippen LogP contribution is -2.54. The number of carbonyl (C=O) groups is 4. The lowest BCUT2D eigenvalue weighted by atomic mass is 10.0. The standard InChI is InChI=1S/C21H20N4O4/c22-10-12-3-1-5-14(9-12)23-11-13-4-2-6-15-18(13)21(29)25(20(15)28)16-7-8-17(26)24-19(16)27/h1-6,9,16,23H,7-8,10-11,22H2,(H,24,26,27). The Morgan fingerprint density at radius 3 is 2.62 bits per heavy atom. The lowest BCUT2D eigenvalue weighted by molar-refractivity contribution is -0.136. The van der Waals surface area contributed by atoms with Gasteiger partial charge >= 0.3 is 0 Å². The number of nitrogens with one attached hydrogen (secondary N) is 2. The first kappa shape index (κ1) is 18.8. The van der Waals surface area contributed by atoms with Crippen LogP contribution in [0.2, 0.25) is 0 Å². The first-order valence-corrected chi connectivity index (χ1v) is 9.36. The summed E-state index contributed by atoms with van der Waals surface area (Å²) in [5, 5.41) is 5.45. The predicted molar refractivity (Wildman–Crippen MR) is 105 cm³/mol. The number of anilines is 1. The van der Waals surface area contributed by atoms with Crippen molar-refractivity contribution in [2.45, 2.75) is 32.0 Å². The van der Waals surface area contributed by atoms with Crippen molar-refractivity contribution in [1.82, 2.24) is 10.2 Å². The first-order chi connectivity index (χ1) is 14.0. The Labute approximate surface area is 167 Å². The summed E-state index contributed by atoms with van der Waals surface area (Å²) in [5.41, 5.74) is 8.73. The second-order valence-electron chi connectivity index (χ2n) is 7.04. The Bertz CT molecular complexity index is 1030. The third-order valence-electron chi connectivity index (χ3n) is 5.20. The highest BCUT2D eigenvalue weighted by Gasteiger charge is 2.45. The number of rotatable bonds is 5. The number of nitrogens with zero attached hydrogens (tertiary/aromatic N) is 1. The third-order valence-corrected chi connectivity index (χ3v) is 5.20. The summed E-state index contributed by atoms with van der Waals surface area (Å²) in [4.78, 5) is 50.5. The molecule has 4 rings (SSSR count). The van der Waals surface area contributed by atoms with Crippen molar-refractivity contribution in [3.8, 4) is 0 Å².